The zero-order chi connectivity index (χ0) is 13.3. The first-order valence-electron chi connectivity index (χ1n) is 6.04. The van der Waals surface area contributed by atoms with Crippen molar-refractivity contribution in [2.45, 2.75) is 53.0 Å². The molecule has 1 atom stereocenters. The third-order valence-electron chi connectivity index (χ3n) is 2.13. The van der Waals surface area contributed by atoms with Gasteiger partial charge in [0.05, 0.1) is 6.61 Å². The van der Waals surface area contributed by atoms with E-state index in [1.165, 1.54) is 6.92 Å². The maximum atomic E-state index is 11.2. The molecule has 0 bridgehead atoms. The molecular weight excluding hydrogens is 222 g/mol. The maximum absolute atomic E-state index is 11.2. The van der Waals surface area contributed by atoms with Crippen molar-refractivity contribution in [1.29, 1.82) is 0 Å². The minimum Gasteiger partial charge on any atom is -0.466 e. The molecule has 0 saturated heterocycles. The number of carbonyl (C=O) groups is 2. The summed E-state index contributed by atoms with van der Waals surface area (Å²) in [4.78, 5) is 26.7. The number of esters is 1. The summed E-state index contributed by atoms with van der Waals surface area (Å²) >= 11 is 0. The molecule has 5 heteroatoms. The summed E-state index contributed by atoms with van der Waals surface area (Å²) < 4.78 is 4.85. The Kier molecular flexibility index (Phi) is 8.40. The Morgan fingerprint density at radius 1 is 1.29 bits per heavy atom. The number of nitrogens with one attached hydrogen (secondary N) is 1. The molecule has 0 heterocycles. The molecule has 5 nitrogen and oxygen atoms in total. The summed E-state index contributed by atoms with van der Waals surface area (Å²) in [5, 5.41) is 0. The van der Waals surface area contributed by atoms with Crippen LogP contribution in [0.4, 0.5) is 0 Å². The van der Waals surface area contributed by atoms with Crippen LogP contribution in [0.5, 0.6) is 0 Å². The molecule has 0 rings (SSSR count). The predicted octanol–water partition coefficient (Wildman–Crippen LogP) is 1.81. The number of rotatable bonds is 8. The molecule has 0 saturated carbocycles. The lowest BCUT2D eigenvalue weighted by molar-refractivity contribution is -0.150. The van der Waals surface area contributed by atoms with Crippen molar-refractivity contribution >= 4 is 11.9 Å². The molecule has 0 unspecified atom stereocenters. The van der Waals surface area contributed by atoms with Crippen molar-refractivity contribution in [1.82, 2.24) is 5.48 Å². The Balaban J connectivity index is 4.00. The van der Waals surface area contributed by atoms with Crippen LogP contribution in [0.1, 0.15) is 47.0 Å². The van der Waals surface area contributed by atoms with E-state index in [0.29, 0.717) is 25.4 Å². The van der Waals surface area contributed by atoms with Gasteiger partial charge in [0.15, 0.2) is 0 Å². The Hall–Kier alpha value is -1.10. The number of hydroxylamine groups is 1. The number of hydrogen-bond acceptors (Lipinski definition) is 5. The second kappa shape index (κ2) is 8.98. The van der Waals surface area contributed by atoms with Crippen LogP contribution in [0, 0.1) is 5.92 Å². The monoisotopic (exact) mass is 245 g/mol. The quantitative estimate of drug-likeness (QED) is 0.522. The lowest BCUT2D eigenvalue weighted by atomic mass is 10.0. The van der Waals surface area contributed by atoms with Gasteiger partial charge in [-0.3, -0.25) is 9.59 Å². The summed E-state index contributed by atoms with van der Waals surface area (Å²) in [7, 11) is 0. The van der Waals surface area contributed by atoms with E-state index < -0.39 is 0 Å². The molecule has 0 aliphatic carbocycles. The standard InChI is InChI=1S/C12H23NO4/c1-5-16-12(15)7-6-11(8-9(2)3)13-17-10(4)14/h9,11,13H,5-8H2,1-4H3/t11-/m1/s1. The lowest BCUT2D eigenvalue weighted by Crippen LogP contribution is -2.32. The summed E-state index contributed by atoms with van der Waals surface area (Å²) in [6, 6.07) is -0.0108. The average Bonchev–Trinajstić information content (AvgIpc) is 2.21. The van der Waals surface area contributed by atoms with Gasteiger partial charge >= 0.3 is 11.9 Å². The van der Waals surface area contributed by atoms with Gasteiger partial charge in [0.1, 0.15) is 0 Å². The SMILES string of the molecule is CCOC(=O)CC[C@H](CC(C)C)NOC(C)=O. The molecule has 17 heavy (non-hydrogen) atoms. The smallest absolute Gasteiger partial charge is 0.321 e. The molecule has 0 aromatic heterocycles. The number of hydrogen-bond donors (Lipinski definition) is 1. The van der Waals surface area contributed by atoms with Crippen LogP contribution < -0.4 is 5.48 Å². The van der Waals surface area contributed by atoms with E-state index in [2.05, 4.69) is 19.3 Å². The number of carbonyl (C=O) groups excluding carboxylic acids is 2. The van der Waals surface area contributed by atoms with Crippen LogP contribution in [0.25, 0.3) is 0 Å². The van der Waals surface area contributed by atoms with E-state index in [1.807, 2.05) is 0 Å². The molecule has 1 N–H and O–H groups in total. The van der Waals surface area contributed by atoms with E-state index in [1.54, 1.807) is 6.92 Å². The molecule has 0 aromatic carbocycles. The first-order valence-corrected chi connectivity index (χ1v) is 6.04. The van der Waals surface area contributed by atoms with Crippen LogP contribution in [0.3, 0.4) is 0 Å². The van der Waals surface area contributed by atoms with E-state index in [0.717, 1.165) is 6.42 Å². The van der Waals surface area contributed by atoms with Gasteiger partial charge in [-0.2, -0.15) is 5.48 Å². The normalized spacial score (nSPS) is 12.3. The minimum absolute atomic E-state index is 0.0108. The van der Waals surface area contributed by atoms with Gasteiger partial charge < -0.3 is 9.57 Å². The molecule has 0 aliphatic heterocycles. The topological polar surface area (TPSA) is 64.6 Å². The van der Waals surface area contributed by atoms with Gasteiger partial charge in [-0.15, -0.1) is 0 Å². The number of ether oxygens (including phenoxy) is 1. The third-order valence-corrected chi connectivity index (χ3v) is 2.13. The van der Waals surface area contributed by atoms with Crippen molar-refractivity contribution in [3.05, 3.63) is 0 Å². The van der Waals surface area contributed by atoms with Crippen LogP contribution >= 0.6 is 0 Å². The highest BCUT2D eigenvalue weighted by molar-refractivity contribution is 5.69. The predicted molar refractivity (Wildman–Crippen MR) is 64.0 cm³/mol. The molecule has 0 amide bonds. The van der Waals surface area contributed by atoms with E-state index >= 15 is 0 Å². The van der Waals surface area contributed by atoms with Crippen molar-refractivity contribution in [2.75, 3.05) is 6.61 Å². The first kappa shape index (κ1) is 15.9. The fraction of sp³-hybridized carbons (Fsp3) is 0.833. The van der Waals surface area contributed by atoms with E-state index in [4.69, 9.17) is 9.57 Å². The Bertz CT molecular complexity index is 241. The largest absolute Gasteiger partial charge is 0.466 e. The van der Waals surface area contributed by atoms with Gasteiger partial charge in [-0.1, -0.05) is 13.8 Å². The second-order valence-electron chi connectivity index (χ2n) is 4.38. The van der Waals surface area contributed by atoms with Gasteiger partial charge in [-0.05, 0) is 25.7 Å². The lowest BCUT2D eigenvalue weighted by Gasteiger charge is -2.19. The zero-order valence-corrected chi connectivity index (χ0v) is 11.1. The molecular formula is C12H23NO4. The molecule has 0 radical (unpaired) electrons. The van der Waals surface area contributed by atoms with Crippen LogP contribution in [0.15, 0.2) is 0 Å². The Labute approximate surface area is 103 Å². The molecule has 0 aliphatic rings. The van der Waals surface area contributed by atoms with Crippen molar-refractivity contribution in [3.63, 3.8) is 0 Å². The fourth-order valence-electron chi connectivity index (χ4n) is 1.49. The van der Waals surface area contributed by atoms with Crippen LogP contribution in [0.2, 0.25) is 0 Å². The molecule has 0 fully saturated rings. The van der Waals surface area contributed by atoms with Crippen molar-refractivity contribution < 1.29 is 19.2 Å². The van der Waals surface area contributed by atoms with Crippen LogP contribution in [-0.2, 0) is 19.2 Å². The highest BCUT2D eigenvalue weighted by atomic mass is 16.7. The minimum atomic E-state index is -0.380. The summed E-state index contributed by atoms with van der Waals surface area (Å²) in [6.07, 6.45) is 1.77. The molecule has 100 valence electrons. The van der Waals surface area contributed by atoms with Gasteiger partial charge in [-0.25, -0.2) is 0 Å². The van der Waals surface area contributed by atoms with Gasteiger partial charge in [0.25, 0.3) is 0 Å². The average molecular weight is 245 g/mol. The van der Waals surface area contributed by atoms with E-state index in [9.17, 15) is 9.59 Å². The maximum Gasteiger partial charge on any atom is 0.321 e. The highest BCUT2D eigenvalue weighted by Gasteiger charge is 2.14. The fourth-order valence-corrected chi connectivity index (χ4v) is 1.49. The van der Waals surface area contributed by atoms with Gasteiger partial charge in [0, 0.05) is 19.4 Å². The molecule has 0 aromatic rings. The Morgan fingerprint density at radius 3 is 2.41 bits per heavy atom. The van der Waals surface area contributed by atoms with Crippen LogP contribution in [-0.4, -0.2) is 24.6 Å². The highest BCUT2D eigenvalue weighted by Crippen LogP contribution is 2.10. The second-order valence-corrected chi connectivity index (χ2v) is 4.38. The van der Waals surface area contributed by atoms with E-state index in [-0.39, 0.29) is 18.0 Å². The van der Waals surface area contributed by atoms with Crippen molar-refractivity contribution in [3.8, 4) is 0 Å². The molecule has 0 spiro atoms. The third kappa shape index (κ3) is 9.81. The summed E-state index contributed by atoms with van der Waals surface area (Å²) in [5.41, 5.74) is 2.69. The van der Waals surface area contributed by atoms with Crippen molar-refractivity contribution in [2.24, 2.45) is 5.92 Å². The Morgan fingerprint density at radius 2 is 1.94 bits per heavy atom. The zero-order valence-electron chi connectivity index (χ0n) is 11.1. The summed E-state index contributed by atoms with van der Waals surface area (Å²) in [5.74, 6) is -0.133. The van der Waals surface area contributed by atoms with Gasteiger partial charge in [0.2, 0.25) is 0 Å². The summed E-state index contributed by atoms with van der Waals surface area (Å²) in [6.45, 7) is 7.66. The first-order chi connectivity index (χ1) is 7.95.